The highest BCUT2D eigenvalue weighted by molar-refractivity contribution is 5.34. The average molecular weight is 197 g/mol. The van der Waals surface area contributed by atoms with E-state index < -0.39 is 12.5 Å². The van der Waals surface area contributed by atoms with E-state index in [1.54, 1.807) is 0 Å². The van der Waals surface area contributed by atoms with Gasteiger partial charge < -0.3 is 4.74 Å². The van der Waals surface area contributed by atoms with E-state index in [9.17, 15) is 8.78 Å². The van der Waals surface area contributed by atoms with Gasteiger partial charge >= 0.3 is 0 Å². The van der Waals surface area contributed by atoms with Crippen LogP contribution in [0.2, 0.25) is 0 Å². The van der Waals surface area contributed by atoms with Crippen LogP contribution in [-0.2, 0) is 0 Å². The summed E-state index contributed by atoms with van der Waals surface area (Å²) in [6.07, 6.45) is 0. The number of benzene rings is 1. The van der Waals surface area contributed by atoms with Gasteiger partial charge in [0.05, 0.1) is 11.6 Å². The Labute approximate surface area is 80.7 Å². The summed E-state index contributed by atoms with van der Waals surface area (Å²) in [5.41, 5.74) is 0.473. The number of hydrogen-bond acceptors (Lipinski definition) is 2. The molecule has 74 valence electrons. The van der Waals surface area contributed by atoms with Crippen molar-refractivity contribution in [2.75, 3.05) is 6.61 Å². The lowest BCUT2D eigenvalue weighted by atomic mass is 10.2. The minimum absolute atomic E-state index is 0.338. The maximum atomic E-state index is 12.4. The maximum absolute atomic E-state index is 12.4. The quantitative estimate of drug-likeness (QED) is 0.746. The van der Waals surface area contributed by atoms with Crippen molar-refractivity contribution in [3.8, 4) is 11.8 Å². The SMILES string of the molecule is CC(F)(F)COc1ccc(C#N)cc1. The first-order chi connectivity index (χ1) is 6.51. The zero-order chi connectivity index (χ0) is 10.6. The minimum Gasteiger partial charge on any atom is -0.487 e. The second-order valence-corrected chi connectivity index (χ2v) is 3.00. The van der Waals surface area contributed by atoms with Gasteiger partial charge in [0.25, 0.3) is 5.92 Å². The molecular formula is C10H9F2NO. The number of ether oxygens (including phenoxy) is 1. The molecule has 0 bridgehead atoms. The molecule has 1 aromatic rings. The molecule has 0 unspecified atom stereocenters. The predicted molar refractivity (Wildman–Crippen MR) is 47.3 cm³/mol. The Morgan fingerprint density at radius 1 is 1.36 bits per heavy atom. The van der Waals surface area contributed by atoms with E-state index in [4.69, 9.17) is 10.00 Å². The summed E-state index contributed by atoms with van der Waals surface area (Å²) in [6, 6.07) is 7.94. The lowest BCUT2D eigenvalue weighted by Crippen LogP contribution is -2.20. The first-order valence-electron chi connectivity index (χ1n) is 4.02. The Hall–Kier alpha value is -1.63. The van der Waals surface area contributed by atoms with Crippen LogP contribution in [0.25, 0.3) is 0 Å². The summed E-state index contributed by atoms with van der Waals surface area (Å²) in [4.78, 5) is 0. The second kappa shape index (κ2) is 4.05. The predicted octanol–water partition coefficient (Wildman–Crippen LogP) is 2.59. The van der Waals surface area contributed by atoms with Crippen LogP contribution in [0.5, 0.6) is 5.75 Å². The fourth-order valence-electron chi connectivity index (χ4n) is 0.836. The van der Waals surface area contributed by atoms with Crippen LogP contribution < -0.4 is 4.74 Å². The van der Waals surface area contributed by atoms with E-state index in [2.05, 4.69) is 0 Å². The highest BCUT2D eigenvalue weighted by atomic mass is 19.3. The summed E-state index contributed by atoms with van der Waals surface area (Å²) < 4.78 is 29.6. The van der Waals surface area contributed by atoms with Crippen LogP contribution in [0.15, 0.2) is 24.3 Å². The van der Waals surface area contributed by atoms with Crippen molar-refractivity contribution in [1.29, 1.82) is 5.26 Å². The molecule has 0 N–H and O–H groups in total. The molecule has 0 atom stereocenters. The zero-order valence-electron chi connectivity index (χ0n) is 7.63. The standard InChI is InChI=1S/C10H9F2NO/c1-10(11,12)7-14-9-4-2-8(6-13)3-5-9/h2-5H,7H2,1H3. The molecule has 0 aliphatic heterocycles. The van der Waals surface area contributed by atoms with Crippen molar-refractivity contribution in [2.45, 2.75) is 12.8 Å². The number of nitriles is 1. The number of halogens is 2. The molecule has 0 heterocycles. The third kappa shape index (κ3) is 3.40. The van der Waals surface area contributed by atoms with Gasteiger partial charge in [-0.1, -0.05) is 0 Å². The molecule has 0 spiro atoms. The molecule has 0 aliphatic carbocycles. The molecule has 1 rings (SSSR count). The topological polar surface area (TPSA) is 33.0 Å². The summed E-state index contributed by atoms with van der Waals surface area (Å²) in [5, 5.41) is 8.48. The average Bonchev–Trinajstić information content (AvgIpc) is 2.14. The van der Waals surface area contributed by atoms with Crippen LogP contribution in [0.1, 0.15) is 12.5 Å². The Bertz CT molecular complexity index is 335. The maximum Gasteiger partial charge on any atom is 0.278 e. The second-order valence-electron chi connectivity index (χ2n) is 3.00. The van der Waals surface area contributed by atoms with Gasteiger partial charge in [0.15, 0.2) is 6.61 Å². The molecule has 4 heteroatoms. The molecule has 0 fully saturated rings. The van der Waals surface area contributed by atoms with Crippen molar-refractivity contribution < 1.29 is 13.5 Å². The molecule has 0 saturated heterocycles. The lowest BCUT2D eigenvalue weighted by Gasteiger charge is -2.11. The summed E-state index contributed by atoms with van der Waals surface area (Å²) in [6.45, 7) is 0.134. The Balaban J connectivity index is 2.58. The highest BCUT2D eigenvalue weighted by Crippen LogP contribution is 2.16. The van der Waals surface area contributed by atoms with Crippen molar-refractivity contribution >= 4 is 0 Å². The van der Waals surface area contributed by atoms with Gasteiger partial charge in [-0.15, -0.1) is 0 Å². The normalized spacial score (nSPS) is 10.7. The van der Waals surface area contributed by atoms with Crippen molar-refractivity contribution in [3.05, 3.63) is 29.8 Å². The summed E-state index contributed by atoms with van der Waals surface area (Å²) in [7, 11) is 0. The minimum atomic E-state index is -2.84. The first-order valence-corrected chi connectivity index (χ1v) is 4.02. The number of hydrogen-bond donors (Lipinski definition) is 0. The Morgan fingerprint density at radius 3 is 2.36 bits per heavy atom. The lowest BCUT2D eigenvalue weighted by molar-refractivity contribution is -0.0229. The van der Waals surface area contributed by atoms with Gasteiger partial charge in [-0.3, -0.25) is 0 Å². The van der Waals surface area contributed by atoms with Crippen LogP contribution in [0, 0.1) is 11.3 Å². The number of rotatable bonds is 3. The van der Waals surface area contributed by atoms with Gasteiger partial charge in [-0.25, -0.2) is 8.78 Å². The fraction of sp³-hybridized carbons (Fsp3) is 0.300. The molecule has 0 aromatic heterocycles. The molecule has 2 nitrogen and oxygen atoms in total. The smallest absolute Gasteiger partial charge is 0.278 e. The van der Waals surface area contributed by atoms with E-state index >= 15 is 0 Å². The first kappa shape index (κ1) is 10.5. The third-order valence-corrected chi connectivity index (χ3v) is 1.48. The molecule has 0 amide bonds. The molecule has 14 heavy (non-hydrogen) atoms. The third-order valence-electron chi connectivity index (χ3n) is 1.48. The van der Waals surface area contributed by atoms with E-state index in [1.807, 2.05) is 6.07 Å². The van der Waals surface area contributed by atoms with Crippen LogP contribution in [-0.4, -0.2) is 12.5 Å². The molecule has 0 aliphatic rings. The summed E-state index contributed by atoms with van der Waals surface area (Å²) >= 11 is 0. The number of alkyl halides is 2. The fourth-order valence-corrected chi connectivity index (χ4v) is 0.836. The number of nitrogens with zero attached hydrogens (tertiary/aromatic N) is 1. The van der Waals surface area contributed by atoms with Gasteiger partial charge in [0, 0.05) is 6.92 Å². The van der Waals surface area contributed by atoms with E-state index in [1.165, 1.54) is 24.3 Å². The molecular weight excluding hydrogens is 188 g/mol. The van der Waals surface area contributed by atoms with Gasteiger partial charge in [-0.2, -0.15) is 5.26 Å². The Kier molecular flexibility index (Phi) is 3.03. The largest absolute Gasteiger partial charge is 0.487 e. The van der Waals surface area contributed by atoms with Crippen molar-refractivity contribution in [3.63, 3.8) is 0 Å². The summed E-state index contributed by atoms with van der Waals surface area (Å²) in [5.74, 6) is -2.50. The molecule has 0 radical (unpaired) electrons. The zero-order valence-corrected chi connectivity index (χ0v) is 7.63. The highest BCUT2D eigenvalue weighted by Gasteiger charge is 2.21. The monoisotopic (exact) mass is 197 g/mol. The van der Waals surface area contributed by atoms with Crippen molar-refractivity contribution in [1.82, 2.24) is 0 Å². The molecule has 1 aromatic carbocycles. The van der Waals surface area contributed by atoms with Gasteiger partial charge in [0.1, 0.15) is 5.75 Å². The van der Waals surface area contributed by atoms with Crippen molar-refractivity contribution in [2.24, 2.45) is 0 Å². The van der Waals surface area contributed by atoms with E-state index in [0.717, 1.165) is 6.92 Å². The van der Waals surface area contributed by atoms with Gasteiger partial charge in [0.2, 0.25) is 0 Å². The van der Waals surface area contributed by atoms with Gasteiger partial charge in [-0.05, 0) is 24.3 Å². The van der Waals surface area contributed by atoms with Crippen LogP contribution in [0.4, 0.5) is 8.78 Å². The van der Waals surface area contributed by atoms with Crippen LogP contribution in [0.3, 0.4) is 0 Å². The Morgan fingerprint density at radius 2 is 1.93 bits per heavy atom. The van der Waals surface area contributed by atoms with Crippen LogP contribution >= 0.6 is 0 Å². The van der Waals surface area contributed by atoms with E-state index in [-0.39, 0.29) is 0 Å². The molecule has 0 saturated carbocycles. The van der Waals surface area contributed by atoms with E-state index in [0.29, 0.717) is 11.3 Å².